The van der Waals surface area contributed by atoms with E-state index in [-0.39, 0.29) is 11.8 Å². The lowest BCUT2D eigenvalue weighted by molar-refractivity contribution is -0.122. The fraction of sp³-hybridized carbons (Fsp3) is 0.273. The number of rotatable bonds is 8. The van der Waals surface area contributed by atoms with Gasteiger partial charge in [0.15, 0.2) is 6.10 Å². The maximum absolute atomic E-state index is 12.5. The van der Waals surface area contributed by atoms with Gasteiger partial charge in [-0.2, -0.15) is 0 Å². The average Bonchev–Trinajstić information content (AvgIpc) is 2.66. The van der Waals surface area contributed by atoms with Gasteiger partial charge >= 0.3 is 0 Å². The molecule has 27 heavy (non-hydrogen) atoms. The Labute approximate surface area is 160 Å². The van der Waals surface area contributed by atoms with Gasteiger partial charge in [0.25, 0.3) is 11.8 Å². The van der Waals surface area contributed by atoms with Crippen LogP contribution in [0.1, 0.15) is 42.6 Å². The van der Waals surface area contributed by atoms with Gasteiger partial charge in [-0.25, -0.2) is 0 Å². The first kappa shape index (κ1) is 20.2. The Balaban J connectivity index is 2.04. The third-order valence-electron chi connectivity index (χ3n) is 4.07. The lowest BCUT2D eigenvalue weighted by Gasteiger charge is -2.17. The third-order valence-corrected chi connectivity index (χ3v) is 4.07. The van der Waals surface area contributed by atoms with Gasteiger partial charge in [-0.3, -0.25) is 9.59 Å². The summed E-state index contributed by atoms with van der Waals surface area (Å²) in [4.78, 5) is 24.7. The highest BCUT2D eigenvalue weighted by Gasteiger charge is 2.18. The minimum atomic E-state index is -0.709. The van der Waals surface area contributed by atoms with Crippen LogP contribution >= 0.6 is 0 Å². The summed E-state index contributed by atoms with van der Waals surface area (Å²) in [5.74, 6) is 0.457. The Morgan fingerprint density at radius 2 is 1.74 bits per heavy atom. The van der Waals surface area contributed by atoms with Crippen LogP contribution < -0.4 is 15.4 Å². The normalized spacial score (nSPS) is 11.6. The first-order valence-corrected chi connectivity index (χ1v) is 8.98. The number of amides is 2. The summed E-state index contributed by atoms with van der Waals surface area (Å²) >= 11 is 0. The highest BCUT2D eigenvalue weighted by molar-refractivity contribution is 6.04. The van der Waals surface area contributed by atoms with E-state index in [0.29, 0.717) is 29.5 Å². The van der Waals surface area contributed by atoms with Crippen molar-refractivity contribution in [2.45, 2.75) is 32.8 Å². The number of anilines is 1. The quantitative estimate of drug-likeness (QED) is 0.690. The molecule has 0 spiro atoms. The minimum absolute atomic E-state index is 0.274. The molecule has 0 aromatic heterocycles. The van der Waals surface area contributed by atoms with E-state index in [0.717, 1.165) is 0 Å². The molecule has 0 unspecified atom stereocenters. The summed E-state index contributed by atoms with van der Waals surface area (Å²) in [6.45, 7) is 9.84. The summed E-state index contributed by atoms with van der Waals surface area (Å²) in [7, 11) is 0. The first-order valence-electron chi connectivity index (χ1n) is 8.98. The molecular formula is C22H26N2O3. The molecule has 0 fully saturated rings. The van der Waals surface area contributed by atoms with Crippen LogP contribution in [0.3, 0.4) is 0 Å². The smallest absolute Gasteiger partial charge is 0.265 e. The zero-order chi connectivity index (χ0) is 19.8. The second-order valence-corrected chi connectivity index (χ2v) is 6.52. The van der Waals surface area contributed by atoms with E-state index in [4.69, 9.17) is 4.74 Å². The van der Waals surface area contributed by atoms with E-state index >= 15 is 0 Å². The maximum atomic E-state index is 12.5. The van der Waals surface area contributed by atoms with Gasteiger partial charge in [-0.05, 0) is 42.7 Å². The van der Waals surface area contributed by atoms with E-state index in [1.54, 1.807) is 37.3 Å². The van der Waals surface area contributed by atoms with Crippen molar-refractivity contribution in [3.63, 3.8) is 0 Å². The predicted molar refractivity (Wildman–Crippen MR) is 108 cm³/mol. The van der Waals surface area contributed by atoms with Crippen molar-refractivity contribution in [2.24, 2.45) is 0 Å². The van der Waals surface area contributed by atoms with Crippen molar-refractivity contribution >= 4 is 17.5 Å². The number of hydrogen-bond acceptors (Lipinski definition) is 3. The minimum Gasteiger partial charge on any atom is -0.481 e. The molecule has 2 N–H and O–H groups in total. The second kappa shape index (κ2) is 9.57. The number of ether oxygens (including phenoxy) is 1. The lowest BCUT2D eigenvalue weighted by Crippen LogP contribution is -2.31. The topological polar surface area (TPSA) is 67.4 Å². The molecule has 0 saturated heterocycles. The Hall–Kier alpha value is -3.08. The molecule has 0 aliphatic rings. The zero-order valence-corrected chi connectivity index (χ0v) is 16.0. The van der Waals surface area contributed by atoms with Gasteiger partial charge in [0.2, 0.25) is 0 Å². The second-order valence-electron chi connectivity index (χ2n) is 6.52. The van der Waals surface area contributed by atoms with Gasteiger partial charge in [0.05, 0.1) is 11.3 Å². The molecule has 0 aliphatic carbocycles. The van der Waals surface area contributed by atoms with Crippen LogP contribution in [-0.2, 0) is 4.79 Å². The molecule has 0 heterocycles. The zero-order valence-electron chi connectivity index (χ0n) is 16.0. The third kappa shape index (κ3) is 5.71. The van der Waals surface area contributed by atoms with Crippen LogP contribution in [0, 0.1) is 0 Å². The highest BCUT2D eigenvalue weighted by atomic mass is 16.5. The van der Waals surface area contributed by atoms with E-state index in [9.17, 15) is 9.59 Å². The largest absolute Gasteiger partial charge is 0.481 e. The molecule has 2 amide bonds. The number of benzene rings is 2. The Morgan fingerprint density at radius 1 is 1.07 bits per heavy atom. The number of hydrogen-bond donors (Lipinski definition) is 2. The molecule has 5 nitrogen and oxygen atoms in total. The number of para-hydroxylation sites is 1. The summed E-state index contributed by atoms with van der Waals surface area (Å²) in [6.07, 6.45) is 0.888. The molecule has 2 rings (SSSR count). The fourth-order valence-electron chi connectivity index (χ4n) is 2.47. The van der Waals surface area contributed by atoms with Crippen molar-refractivity contribution < 1.29 is 14.3 Å². The van der Waals surface area contributed by atoms with E-state index < -0.39 is 6.10 Å². The molecule has 0 bridgehead atoms. The van der Waals surface area contributed by atoms with Gasteiger partial charge in [-0.15, -0.1) is 6.58 Å². The van der Waals surface area contributed by atoms with Crippen molar-refractivity contribution in [3.05, 3.63) is 72.3 Å². The van der Waals surface area contributed by atoms with Crippen LogP contribution in [-0.4, -0.2) is 24.5 Å². The lowest BCUT2D eigenvalue weighted by atomic mass is 10.0. The molecule has 2 aromatic carbocycles. The van der Waals surface area contributed by atoms with Crippen molar-refractivity contribution in [1.29, 1.82) is 0 Å². The van der Waals surface area contributed by atoms with Crippen molar-refractivity contribution in [2.75, 3.05) is 11.9 Å². The summed E-state index contributed by atoms with van der Waals surface area (Å²) < 4.78 is 5.72. The fourth-order valence-corrected chi connectivity index (χ4v) is 2.47. The van der Waals surface area contributed by atoms with Gasteiger partial charge in [0.1, 0.15) is 5.75 Å². The average molecular weight is 366 g/mol. The Kier molecular flexibility index (Phi) is 7.17. The van der Waals surface area contributed by atoms with Gasteiger partial charge in [-0.1, -0.05) is 44.2 Å². The standard InChI is InChI=1S/C22H26N2O3/c1-5-14-23-22(26)19-8-6-7-9-20(19)24-21(25)16(4)27-18-12-10-17(11-13-18)15(2)3/h5-13,15-16H,1,14H2,2-4H3,(H,23,26)(H,24,25)/t16-/m1/s1. The molecule has 1 atom stereocenters. The molecule has 142 valence electrons. The van der Waals surface area contributed by atoms with Crippen LogP contribution in [0.4, 0.5) is 5.69 Å². The molecule has 0 radical (unpaired) electrons. The summed E-state index contributed by atoms with van der Waals surface area (Å²) in [5, 5.41) is 5.47. The van der Waals surface area contributed by atoms with E-state index in [1.165, 1.54) is 5.56 Å². The monoisotopic (exact) mass is 366 g/mol. The van der Waals surface area contributed by atoms with Crippen LogP contribution in [0.5, 0.6) is 5.75 Å². The van der Waals surface area contributed by atoms with Crippen LogP contribution in [0.25, 0.3) is 0 Å². The molecule has 0 aliphatic heterocycles. The molecule has 0 saturated carbocycles. The van der Waals surface area contributed by atoms with Crippen LogP contribution in [0.15, 0.2) is 61.2 Å². The summed E-state index contributed by atoms with van der Waals surface area (Å²) in [5.41, 5.74) is 2.04. The SMILES string of the molecule is C=CCNC(=O)c1ccccc1NC(=O)[C@@H](C)Oc1ccc(C(C)C)cc1. The number of nitrogens with one attached hydrogen (secondary N) is 2. The van der Waals surface area contributed by atoms with Crippen LogP contribution in [0.2, 0.25) is 0 Å². The first-order chi connectivity index (χ1) is 12.9. The molecule has 2 aromatic rings. The highest BCUT2D eigenvalue weighted by Crippen LogP contribution is 2.20. The Morgan fingerprint density at radius 3 is 2.37 bits per heavy atom. The number of carbonyl (C=O) groups is 2. The molecular weight excluding hydrogens is 340 g/mol. The van der Waals surface area contributed by atoms with Gasteiger partial charge < -0.3 is 15.4 Å². The van der Waals surface area contributed by atoms with E-state index in [2.05, 4.69) is 31.1 Å². The molecule has 5 heteroatoms. The Bertz CT molecular complexity index is 797. The van der Waals surface area contributed by atoms with Gasteiger partial charge in [0, 0.05) is 6.54 Å². The van der Waals surface area contributed by atoms with Crippen molar-refractivity contribution in [1.82, 2.24) is 5.32 Å². The van der Waals surface area contributed by atoms with Crippen molar-refractivity contribution in [3.8, 4) is 5.75 Å². The van der Waals surface area contributed by atoms with E-state index in [1.807, 2.05) is 24.3 Å². The number of carbonyl (C=O) groups excluding carboxylic acids is 2. The summed E-state index contributed by atoms with van der Waals surface area (Å²) in [6, 6.07) is 14.5. The predicted octanol–water partition coefficient (Wildman–Crippen LogP) is 4.13. The maximum Gasteiger partial charge on any atom is 0.265 e.